The highest BCUT2D eigenvalue weighted by Crippen LogP contribution is 2.17. The minimum Gasteiger partial charge on any atom is -0.508 e. The molecule has 6 nitrogen and oxygen atoms in total. The Bertz CT molecular complexity index is 690. The summed E-state index contributed by atoms with van der Waals surface area (Å²) in [6.45, 7) is 5.77. The van der Waals surface area contributed by atoms with Crippen LogP contribution >= 0.6 is 35.3 Å². The molecular formula is C18H25IN4O2S. The van der Waals surface area contributed by atoms with Gasteiger partial charge in [-0.1, -0.05) is 6.07 Å². The molecule has 0 saturated heterocycles. The lowest BCUT2D eigenvalue weighted by molar-refractivity contribution is 0.0955. The molecule has 0 aliphatic rings. The molecule has 142 valence electrons. The molecule has 2 rings (SSSR count). The van der Waals surface area contributed by atoms with Crippen molar-refractivity contribution in [2.45, 2.75) is 19.9 Å². The molecule has 2 aromatic rings. The molecule has 1 aromatic heterocycles. The van der Waals surface area contributed by atoms with Crippen molar-refractivity contribution in [3.63, 3.8) is 0 Å². The Balaban J connectivity index is 0.00000338. The standard InChI is InChI=1S/C18H24N4O2S.HI/c1-3-19-18(22-13(2)16-5-4-12-25-16)21-11-10-20-17(24)14-6-8-15(23)9-7-14;/h4-9,12-13,23H,3,10-11H2,1-2H3,(H,20,24)(H2,19,21,22);1H. The number of carbonyl (C=O) groups excluding carboxylic acids is 1. The predicted molar refractivity (Wildman–Crippen MR) is 118 cm³/mol. The normalized spacial score (nSPS) is 12.0. The molecule has 26 heavy (non-hydrogen) atoms. The molecule has 1 amide bonds. The van der Waals surface area contributed by atoms with E-state index < -0.39 is 0 Å². The molecule has 0 spiro atoms. The minimum atomic E-state index is -0.180. The molecule has 0 bridgehead atoms. The first-order chi connectivity index (χ1) is 12.1. The third kappa shape index (κ3) is 7.20. The molecule has 8 heteroatoms. The fourth-order valence-electron chi connectivity index (χ4n) is 2.19. The number of phenolic OH excluding ortho intramolecular Hbond substituents is 1. The van der Waals surface area contributed by atoms with Gasteiger partial charge in [0.25, 0.3) is 5.91 Å². The Morgan fingerprint density at radius 3 is 2.58 bits per heavy atom. The monoisotopic (exact) mass is 488 g/mol. The van der Waals surface area contributed by atoms with E-state index >= 15 is 0 Å². The summed E-state index contributed by atoms with van der Waals surface area (Å²) in [7, 11) is 0. The predicted octanol–water partition coefficient (Wildman–Crippen LogP) is 3.12. The highest BCUT2D eigenvalue weighted by atomic mass is 127. The molecule has 0 fully saturated rings. The lowest BCUT2D eigenvalue weighted by Crippen LogP contribution is -2.39. The molecule has 1 heterocycles. The van der Waals surface area contributed by atoms with Gasteiger partial charge in [0.05, 0.1) is 12.6 Å². The Kier molecular flexibility index (Phi) is 10.0. The van der Waals surface area contributed by atoms with E-state index in [4.69, 9.17) is 0 Å². The number of rotatable bonds is 7. The van der Waals surface area contributed by atoms with Crippen molar-refractivity contribution >= 4 is 47.2 Å². The van der Waals surface area contributed by atoms with Gasteiger partial charge in [0.2, 0.25) is 0 Å². The fourth-order valence-corrected chi connectivity index (χ4v) is 2.92. The zero-order chi connectivity index (χ0) is 18.1. The minimum absolute atomic E-state index is 0. The van der Waals surface area contributed by atoms with Crippen molar-refractivity contribution in [3.8, 4) is 5.75 Å². The second kappa shape index (κ2) is 11.7. The van der Waals surface area contributed by atoms with Gasteiger partial charge in [0.1, 0.15) is 5.75 Å². The van der Waals surface area contributed by atoms with E-state index in [1.807, 2.05) is 13.0 Å². The van der Waals surface area contributed by atoms with E-state index in [-0.39, 0.29) is 41.7 Å². The maximum Gasteiger partial charge on any atom is 0.251 e. The van der Waals surface area contributed by atoms with Gasteiger partial charge < -0.3 is 21.1 Å². The number of nitrogens with zero attached hydrogens (tertiary/aromatic N) is 1. The van der Waals surface area contributed by atoms with Gasteiger partial charge in [-0.15, -0.1) is 35.3 Å². The number of aliphatic imine (C=N–C) groups is 1. The number of nitrogens with one attached hydrogen (secondary N) is 3. The molecule has 0 radical (unpaired) electrons. The topological polar surface area (TPSA) is 85.8 Å². The SMILES string of the molecule is CCNC(=NCCNC(=O)c1ccc(O)cc1)NC(C)c1cccs1.I. The number of hydrogen-bond acceptors (Lipinski definition) is 4. The molecule has 1 unspecified atom stereocenters. The number of carbonyl (C=O) groups is 1. The number of halogens is 1. The summed E-state index contributed by atoms with van der Waals surface area (Å²) < 4.78 is 0. The van der Waals surface area contributed by atoms with Gasteiger partial charge in [0.15, 0.2) is 5.96 Å². The molecule has 0 aliphatic heterocycles. The smallest absolute Gasteiger partial charge is 0.251 e. The van der Waals surface area contributed by atoms with Crippen molar-refractivity contribution in [2.24, 2.45) is 4.99 Å². The Labute approximate surface area is 175 Å². The summed E-state index contributed by atoms with van der Waals surface area (Å²) >= 11 is 1.70. The van der Waals surface area contributed by atoms with Crippen LogP contribution in [-0.2, 0) is 0 Å². The van der Waals surface area contributed by atoms with Crippen molar-refractivity contribution in [2.75, 3.05) is 19.6 Å². The number of benzene rings is 1. The van der Waals surface area contributed by atoms with Gasteiger partial charge in [-0.05, 0) is 49.6 Å². The van der Waals surface area contributed by atoms with Gasteiger partial charge >= 0.3 is 0 Å². The van der Waals surface area contributed by atoms with E-state index in [1.54, 1.807) is 23.5 Å². The number of guanidine groups is 1. The average Bonchev–Trinajstić information content (AvgIpc) is 3.14. The van der Waals surface area contributed by atoms with Gasteiger partial charge in [-0.25, -0.2) is 0 Å². The van der Waals surface area contributed by atoms with Gasteiger partial charge in [0, 0.05) is 23.5 Å². The summed E-state index contributed by atoms with van der Waals surface area (Å²) in [4.78, 5) is 17.7. The number of phenols is 1. The van der Waals surface area contributed by atoms with Crippen LogP contribution in [0.5, 0.6) is 5.75 Å². The molecule has 0 aliphatic carbocycles. The van der Waals surface area contributed by atoms with Gasteiger partial charge in [-0.3, -0.25) is 9.79 Å². The third-order valence-corrected chi connectivity index (χ3v) is 4.52. The summed E-state index contributed by atoms with van der Waals surface area (Å²) in [5.41, 5.74) is 0.512. The summed E-state index contributed by atoms with van der Waals surface area (Å²) in [5, 5.41) is 20.7. The number of hydrogen-bond donors (Lipinski definition) is 4. The van der Waals surface area contributed by atoms with Crippen LogP contribution in [0.4, 0.5) is 0 Å². The van der Waals surface area contributed by atoms with Crippen LogP contribution in [0.2, 0.25) is 0 Å². The van der Waals surface area contributed by atoms with Crippen LogP contribution in [0.25, 0.3) is 0 Å². The highest BCUT2D eigenvalue weighted by Gasteiger charge is 2.08. The van der Waals surface area contributed by atoms with Crippen LogP contribution in [0.3, 0.4) is 0 Å². The fraction of sp³-hybridized carbons (Fsp3) is 0.333. The van der Waals surface area contributed by atoms with Crippen LogP contribution in [0.1, 0.15) is 35.1 Å². The lowest BCUT2D eigenvalue weighted by atomic mass is 10.2. The summed E-state index contributed by atoms with van der Waals surface area (Å²) in [6.07, 6.45) is 0. The van der Waals surface area contributed by atoms with Crippen molar-refractivity contribution in [3.05, 3.63) is 52.2 Å². The molecular weight excluding hydrogens is 463 g/mol. The maximum atomic E-state index is 12.0. The Morgan fingerprint density at radius 1 is 1.23 bits per heavy atom. The molecule has 1 atom stereocenters. The lowest BCUT2D eigenvalue weighted by Gasteiger charge is -2.16. The van der Waals surface area contributed by atoms with Crippen LogP contribution in [0, 0.1) is 0 Å². The highest BCUT2D eigenvalue weighted by molar-refractivity contribution is 14.0. The van der Waals surface area contributed by atoms with Crippen molar-refractivity contribution in [1.29, 1.82) is 0 Å². The first-order valence-electron chi connectivity index (χ1n) is 8.25. The van der Waals surface area contributed by atoms with Crippen LogP contribution in [-0.4, -0.2) is 36.6 Å². The molecule has 0 saturated carbocycles. The van der Waals surface area contributed by atoms with E-state index in [9.17, 15) is 9.90 Å². The Hall–Kier alpha value is -1.81. The first-order valence-corrected chi connectivity index (χ1v) is 9.13. The largest absolute Gasteiger partial charge is 0.508 e. The number of aromatic hydroxyl groups is 1. The van der Waals surface area contributed by atoms with Crippen molar-refractivity contribution in [1.82, 2.24) is 16.0 Å². The van der Waals surface area contributed by atoms with E-state index in [1.165, 1.54) is 17.0 Å². The summed E-state index contributed by atoms with van der Waals surface area (Å²) in [6, 6.07) is 10.4. The van der Waals surface area contributed by atoms with E-state index in [0.717, 1.165) is 12.5 Å². The van der Waals surface area contributed by atoms with Crippen LogP contribution in [0.15, 0.2) is 46.8 Å². The zero-order valence-corrected chi connectivity index (χ0v) is 18.0. The molecule has 1 aromatic carbocycles. The summed E-state index contributed by atoms with van der Waals surface area (Å²) in [5.74, 6) is 0.685. The zero-order valence-electron chi connectivity index (χ0n) is 14.9. The molecule has 4 N–H and O–H groups in total. The average molecular weight is 488 g/mol. The Morgan fingerprint density at radius 2 is 1.96 bits per heavy atom. The number of thiophene rings is 1. The quantitative estimate of drug-likeness (QED) is 0.209. The number of amides is 1. The van der Waals surface area contributed by atoms with Crippen LogP contribution < -0.4 is 16.0 Å². The maximum absolute atomic E-state index is 12.0. The van der Waals surface area contributed by atoms with E-state index in [2.05, 4.69) is 39.3 Å². The second-order valence-corrected chi connectivity index (χ2v) is 6.42. The van der Waals surface area contributed by atoms with Crippen molar-refractivity contribution < 1.29 is 9.90 Å². The van der Waals surface area contributed by atoms with Gasteiger partial charge in [-0.2, -0.15) is 0 Å². The second-order valence-electron chi connectivity index (χ2n) is 5.44. The first kappa shape index (κ1) is 22.2. The van der Waals surface area contributed by atoms with E-state index in [0.29, 0.717) is 18.7 Å². The third-order valence-electron chi connectivity index (χ3n) is 3.46.